The summed E-state index contributed by atoms with van der Waals surface area (Å²) in [5.41, 5.74) is 3.65. The van der Waals surface area contributed by atoms with E-state index in [1.165, 1.54) is 0 Å². The Hall–Kier alpha value is -2.89. The molecule has 3 rings (SSSR count). The molecule has 1 aromatic carbocycles. The largest absolute Gasteiger partial charge is 0.346 e. The highest BCUT2D eigenvalue weighted by Gasteiger charge is 2.32. The Morgan fingerprint density at radius 1 is 1.19 bits per heavy atom. The van der Waals surface area contributed by atoms with E-state index >= 15 is 0 Å². The maximum atomic E-state index is 12.6. The third-order valence-electron chi connectivity index (χ3n) is 4.78. The van der Waals surface area contributed by atoms with Crippen molar-refractivity contribution in [3.8, 4) is 0 Å². The standard InChI is InChI=1S/C21H25N3O3/c1-4-19(25)24(17-10-8-15(3)9-11-17)14-16-13-23-12-6-7-18(23)21(16)22-27-20(26)5-2/h6-12,16H,4-5,13-14H2,1-3H3/b22-21-. The lowest BCUT2D eigenvalue weighted by Gasteiger charge is -2.25. The summed E-state index contributed by atoms with van der Waals surface area (Å²) in [4.78, 5) is 31.0. The molecule has 0 N–H and O–H groups in total. The number of aryl methyl sites for hydroxylation is 1. The molecule has 27 heavy (non-hydrogen) atoms. The number of anilines is 1. The number of benzene rings is 1. The van der Waals surface area contributed by atoms with Crippen LogP contribution in [0.2, 0.25) is 0 Å². The van der Waals surface area contributed by atoms with Gasteiger partial charge in [0.2, 0.25) is 5.91 Å². The zero-order valence-corrected chi connectivity index (χ0v) is 16.0. The summed E-state index contributed by atoms with van der Waals surface area (Å²) in [6, 6.07) is 11.8. The summed E-state index contributed by atoms with van der Waals surface area (Å²) in [6.45, 7) is 6.80. The number of hydrogen-bond donors (Lipinski definition) is 0. The van der Waals surface area contributed by atoms with E-state index < -0.39 is 0 Å². The minimum Gasteiger partial charge on any atom is -0.346 e. The highest BCUT2D eigenvalue weighted by Crippen LogP contribution is 2.26. The fraction of sp³-hybridized carbons (Fsp3) is 0.381. The zero-order chi connectivity index (χ0) is 19.4. The molecule has 1 aliphatic rings. The van der Waals surface area contributed by atoms with Crippen molar-refractivity contribution in [1.82, 2.24) is 4.57 Å². The van der Waals surface area contributed by atoms with Crippen LogP contribution in [0.1, 0.15) is 37.9 Å². The van der Waals surface area contributed by atoms with Crippen LogP contribution in [0, 0.1) is 12.8 Å². The minimum absolute atomic E-state index is 0.0392. The summed E-state index contributed by atoms with van der Waals surface area (Å²) in [7, 11) is 0. The first-order valence-electron chi connectivity index (χ1n) is 9.33. The lowest BCUT2D eigenvalue weighted by Crippen LogP contribution is -2.37. The first-order chi connectivity index (χ1) is 13.0. The van der Waals surface area contributed by atoms with Gasteiger partial charge in [-0.1, -0.05) is 36.7 Å². The monoisotopic (exact) mass is 367 g/mol. The molecule has 0 saturated heterocycles. The summed E-state index contributed by atoms with van der Waals surface area (Å²) < 4.78 is 2.08. The second-order valence-electron chi connectivity index (χ2n) is 6.73. The van der Waals surface area contributed by atoms with Gasteiger partial charge in [0.15, 0.2) is 0 Å². The average Bonchev–Trinajstić information content (AvgIpc) is 3.25. The molecule has 0 spiro atoms. The number of oxime groups is 1. The predicted octanol–water partition coefficient (Wildman–Crippen LogP) is 3.53. The predicted molar refractivity (Wildman–Crippen MR) is 105 cm³/mol. The molecular weight excluding hydrogens is 342 g/mol. The third kappa shape index (κ3) is 4.10. The van der Waals surface area contributed by atoms with Gasteiger partial charge in [-0.25, -0.2) is 4.79 Å². The van der Waals surface area contributed by atoms with E-state index in [0.29, 0.717) is 25.2 Å². The number of amides is 1. The molecule has 1 aromatic heterocycles. The number of rotatable bonds is 6. The Bertz CT molecular complexity index is 852. The van der Waals surface area contributed by atoms with Crippen molar-refractivity contribution in [2.75, 3.05) is 11.4 Å². The van der Waals surface area contributed by atoms with Gasteiger partial charge < -0.3 is 14.3 Å². The van der Waals surface area contributed by atoms with Crippen LogP contribution >= 0.6 is 0 Å². The van der Waals surface area contributed by atoms with Crippen molar-refractivity contribution in [3.05, 3.63) is 53.9 Å². The quantitative estimate of drug-likeness (QED) is 0.580. The molecule has 0 bridgehead atoms. The van der Waals surface area contributed by atoms with Gasteiger partial charge in [0.1, 0.15) is 5.71 Å². The van der Waals surface area contributed by atoms with Crippen LogP contribution in [0.3, 0.4) is 0 Å². The molecule has 1 atom stereocenters. The minimum atomic E-state index is -0.369. The van der Waals surface area contributed by atoms with Gasteiger partial charge in [-0.15, -0.1) is 0 Å². The molecule has 1 amide bonds. The highest BCUT2D eigenvalue weighted by atomic mass is 16.7. The zero-order valence-electron chi connectivity index (χ0n) is 16.0. The van der Waals surface area contributed by atoms with E-state index in [2.05, 4.69) is 9.72 Å². The molecule has 0 saturated carbocycles. The van der Waals surface area contributed by atoms with Crippen molar-refractivity contribution in [2.45, 2.75) is 40.2 Å². The van der Waals surface area contributed by atoms with Crippen molar-refractivity contribution in [1.29, 1.82) is 0 Å². The molecule has 6 nitrogen and oxygen atoms in total. The summed E-state index contributed by atoms with van der Waals surface area (Å²) in [6.07, 6.45) is 2.67. The Kier molecular flexibility index (Phi) is 5.74. The van der Waals surface area contributed by atoms with Gasteiger partial charge in [-0.3, -0.25) is 4.79 Å². The van der Waals surface area contributed by atoms with Crippen molar-refractivity contribution in [3.63, 3.8) is 0 Å². The molecule has 0 fully saturated rings. The van der Waals surface area contributed by atoms with E-state index in [1.54, 1.807) is 11.8 Å². The molecular formula is C21H25N3O3. The summed E-state index contributed by atoms with van der Waals surface area (Å²) >= 11 is 0. The second-order valence-corrected chi connectivity index (χ2v) is 6.73. The van der Waals surface area contributed by atoms with Gasteiger partial charge in [-0.05, 0) is 31.2 Å². The Balaban J connectivity index is 1.87. The first kappa shape index (κ1) is 18.9. The molecule has 1 unspecified atom stereocenters. The topological polar surface area (TPSA) is 63.9 Å². The SMILES string of the molecule is CCC(=O)O/N=C1\c2cccn2CC1CN(C(=O)CC)c1ccc(C)cc1. The molecule has 0 radical (unpaired) electrons. The summed E-state index contributed by atoms with van der Waals surface area (Å²) in [5.74, 6) is -0.353. The molecule has 0 aliphatic carbocycles. The van der Waals surface area contributed by atoms with E-state index in [4.69, 9.17) is 4.84 Å². The van der Waals surface area contributed by atoms with Crippen molar-refractivity contribution in [2.24, 2.45) is 11.1 Å². The maximum Gasteiger partial charge on any atom is 0.334 e. The normalized spacial score (nSPS) is 17.0. The van der Waals surface area contributed by atoms with Crippen molar-refractivity contribution < 1.29 is 14.4 Å². The Morgan fingerprint density at radius 3 is 2.59 bits per heavy atom. The van der Waals surface area contributed by atoms with Crippen LogP contribution < -0.4 is 4.90 Å². The van der Waals surface area contributed by atoms with Gasteiger partial charge in [0.05, 0.1) is 5.69 Å². The smallest absolute Gasteiger partial charge is 0.334 e. The number of fused-ring (bicyclic) bond motifs is 1. The van der Waals surface area contributed by atoms with Crippen LogP contribution in [-0.2, 0) is 21.0 Å². The van der Waals surface area contributed by atoms with Gasteiger partial charge in [0.25, 0.3) is 0 Å². The van der Waals surface area contributed by atoms with Crippen LogP contribution in [0.15, 0.2) is 47.8 Å². The van der Waals surface area contributed by atoms with E-state index in [-0.39, 0.29) is 24.2 Å². The number of hydrogen-bond acceptors (Lipinski definition) is 4. The summed E-state index contributed by atoms with van der Waals surface area (Å²) in [5, 5.41) is 4.14. The molecule has 6 heteroatoms. The Labute approximate surface area is 159 Å². The fourth-order valence-corrected chi connectivity index (χ4v) is 3.26. The van der Waals surface area contributed by atoms with Crippen LogP contribution in [0.5, 0.6) is 0 Å². The fourth-order valence-electron chi connectivity index (χ4n) is 3.26. The maximum absolute atomic E-state index is 12.6. The van der Waals surface area contributed by atoms with Crippen LogP contribution in [0.4, 0.5) is 5.69 Å². The van der Waals surface area contributed by atoms with E-state index in [1.807, 2.05) is 56.4 Å². The Morgan fingerprint density at radius 2 is 1.93 bits per heavy atom. The van der Waals surface area contributed by atoms with Gasteiger partial charge in [0, 0.05) is 43.7 Å². The molecule has 2 heterocycles. The lowest BCUT2D eigenvalue weighted by molar-refractivity contribution is -0.143. The van der Waals surface area contributed by atoms with Crippen LogP contribution in [0.25, 0.3) is 0 Å². The second kappa shape index (κ2) is 8.20. The van der Waals surface area contributed by atoms with Crippen molar-refractivity contribution >= 4 is 23.3 Å². The number of carbonyl (C=O) groups is 2. The van der Waals surface area contributed by atoms with E-state index in [9.17, 15) is 9.59 Å². The van der Waals surface area contributed by atoms with Crippen LogP contribution in [-0.4, -0.2) is 28.7 Å². The first-order valence-corrected chi connectivity index (χ1v) is 9.33. The molecule has 142 valence electrons. The third-order valence-corrected chi connectivity index (χ3v) is 4.78. The van der Waals surface area contributed by atoms with Gasteiger partial charge in [-0.2, -0.15) is 0 Å². The average molecular weight is 367 g/mol. The molecule has 1 aliphatic heterocycles. The lowest BCUT2D eigenvalue weighted by atomic mass is 10.0. The number of aromatic nitrogens is 1. The highest BCUT2D eigenvalue weighted by molar-refractivity contribution is 6.04. The van der Waals surface area contributed by atoms with E-state index in [0.717, 1.165) is 16.9 Å². The number of nitrogens with zero attached hydrogens (tertiary/aromatic N) is 3. The molecule has 2 aromatic rings. The van der Waals surface area contributed by atoms with Gasteiger partial charge >= 0.3 is 5.97 Å². The number of carbonyl (C=O) groups excluding carboxylic acids is 2.